The molecule has 2 aromatic rings. The van der Waals surface area contributed by atoms with Crippen LogP contribution in [0, 0.1) is 0 Å². The zero-order valence-corrected chi connectivity index (χ0v) is 12.1. The molecule has 0 saturated heterocycles. The standard InChI is InChI=1S/C15H20N2OS/c1-2-3-4-9-17-13(14-6-5-10-19-14)8-7-12(11-16)15(17)18/h5-8,10H,2-4,9,11,16H2,1H3. The van der Waals surface area contributed by atoms with Gasteiger partial charge in [0.15, 0.2) is 0 Å². The number of hydrogen-bond acceptors (Lipinski definition) is 3. The molecule has 0 aliphatic carbocycles. The SMILES string of the molecule is CCCCCn1c(-c2cccs2)ccc(CN)c1=O. The maximum absolute atomic E-state index is 12.4. The summed E-state index contributed by atoms with van der Waals surface area (Å²) in [7, 11) is 0. The van der Waals surface area contributed by atoms with Crippen LogP contribution in [0.15, 0.2) is 34.4 Å². The summed E-state index contributed by atoms with van der Waals surface area (Å²) in [5, 5.41) is 2.03. The molecule has 0 spiro atoms. The van der Waals surface area contributed by atoms with Gasteiger partial charge in [-0.05, 0) is 23.9 Å². The van der Waals surface area contributed by atoms with Crippen molar-refractivity contribution in [3.8, 4) is 10.6 Å². The second-order valence-electron chi connectivity index (χ2n) is 4.59. The van der Waals surface area contributed by atoms with Crippen LogP contribution in [0.3, 0.4) is 0 Å². The summed E-state index contributed by atoms with van der Waals surface area (Å²) in [5.41, 5.74) is 7.39. The van der Waals surface area contributed by atoms with Crippen molar-refractivity contribution in [2.24, 2.45) is 5.73 Å². The molecule has 0 amide bonds. The largest absolute Gasteiger partial charge is 0.326 e. The first-order chi connectivity index (χ1) is 9.27. The van der Waals surface area contributed by atoms with Crippen LogP contribution in [-0.2, 0) is 13.1 Å². The second kappa shape index (κ2) is 6.68. The molecule has 19 heavy (non-hydrogen) atoms. The highest BCUT2D eigenvalue weighted by Gasteiger charge is 2.10. The lowest BCUT2D eigenvalue weighted by atomic mass is 10.2. The van der Waals surface area contributed by atoms with Crippen LogP contribution in [0.4, 0.5) is 0 Å². The minimum atomic E-state index is 0.0597. The van der Waals surface area contributed by atoms with Gasteiger partial charge in [0.2, 0.25) is 0 Å². The van der Waals surface area contributed by atoms with Crippen LogP contribution < -0.4 is 11.3 Å². The second-order valence-corrected chi connectivity index (χ2v) is 5.54. The van der Waals surface area contributed by atoms with E-state index in [2.05, 4.69) is 13.0 Å². The average Bonchev–Trinajstić information content (AvgIpc) is 2.94. The van der Waals surface area contributed by atoms with Gasteiger partial charge in [0.25, 0.3) is 5.56 Å². The highest BCUT2D eigenvalue weighted by atomic mass is 32.1. The summed E-state index contributed by atoms with van der Waals surface area (Å²) < 4.78 is 1.88. The molecule has 0 saturated carbocycles. The lowest BCUT2D eigenvalue weighted by Gasteiger charge is -2.13. The van der Waals surface area contributed by atoms with E-state index in [0.717, 1.165) is 36.4 Å². The molecule has 4 heteroatoms. The molecule has 0 aliphatic heterocycles. The van der Waals surface area contributed by atoms with E-state index in [1.165, 1.54) is 0 Å². The first kappa shape index (κ1) is 14.0. The van der Waals surface area contributed by atoms with Gasteiger partial charge in [-0.1, -0.05) is 31.9 Å². The molecule has 0 bridgehead atoms. The molecule has 0 aliphatic rings. The van der Waals surface area contributed by atoms with Gasteiger partial charge in [-0.3, -0.25) is 4.79 Å². The Bertz CT molecular complexity index is 572. The zero-order chi connectivity index (χ0) is 13.7. The molecule has 0 fully saturated rings. The number of rotatable bonds is 6. The zero-order valence-electron chi connectivity index (χ0n) is 11.3. The van der Waals surface area contributed by atoms with Crippen molar-refractivity contribution in [3.63, 3.8) is 0 Å². The van der Waals surface area contributed by atoms with Crippen LogP contribution >= 0.6 is 11.3 Å². The van der Waals surface area contributed by atoms with Crippen molar-refractivity contribution in [1.82, 2.24) is 4.57 Å². The van der Waals surface area contributed by atoms with Gasteiger partial charge in [-0.25, -0.2) is 0 Å². The molecule has 0 unspecified atom stereocenters. The predicted molar refractivity (Wildman–Crippen MR) is 81.4 cm³/mol. The first-order valence-corrected chi connectivity index (χ1v) is 7.62. The molecule has 2 heterocycles. The molecule has 0 aromatic carbocycles. The highest BCUT2D eigenvalue weighted by Crippen LogP contribution is 2.24. The number of hydrogen-bond donors (Lipinski definition) is 1. The molecule has 2 N–H and O–H groups in total. The lowest BCUT2D eigenvalue weighted by Crippen LogP contribution is -2.26. The van der Waals surface area contributed by atoms with Crippen LogP contribution in [0.1, 0.15) is 31.7 Å². The average molecular weight is 276 g/mol. The Hall–Kier alpha value is -1.39. The van der Waals surface area contributed by atoms with E-state index in [-0.39, 0.29) is 5.56 Å². The van der Waals surface area contributed by atoms with Crippen molar-refractivity contribution < 1.29 is 0 Å². The Balaban J connectivity index is 2.42. The molecular weight excluding hydrogens is 256 g/mol. The van der Waals surface area contributed by atoms with Gasteiger partial charge in [0, 0.05) is 18.7 Å². The highest BCUT2D eigenvalue weighted by molar-refractivity contribution is 7.13. The van der Waals surface area contributed by atoms with Gasteiger partial charge >= 0.3 is 0 Å². The van der Waals surface area contributed by atoms with Gasteiger partial charge in [-0.15, -0.1) is 11.3 Å². The molecule has 3 nitrogen and oxygen atoms in total. The summed E-state index contributed by atoms with van der Waals surface area (Å²) in [5.74, 6) is 0. The van der Waals surface area contributed by atoms with Crippen LogP contribution in [0.5, 0.6) is 0 Å². The van der Waals surface area contributed by atoms with Crippen LogP contribution in [-0.4, -0.2) is 4.57 Å². The normalized spacial score (nSPS) is 10.8. The maximum atomic E-state index is 12.4. The third kappa shape index (κ3) is 3.14. The molecule has 0 atom stereocenters. The fourth-order valence-corrected chi connectivity index (χ4v) is 2.92. The van der Waals surface area contributed by atoms with Crippen LogP contribution in [0.25, 0.3) is 10.6 Å². The number of nitrogens with zero attached hydrogens (tertiary/aromatic N) is 1. The minimum absolute atomic E-state index is 0.0597. The van der Waals surface area contributed by atoms with Crippen LogP contribution in [0.2, 0.25) is 0 Å². The van der Waals surface area contributed by atoms with Crippen molar-refractivity contribution >= 4 is 11.3 Å². The van der Waals surface area contributed by atoms with E-state index in [9.17, 15) is 4.79 Å². The van der Waals surface area contributed by atoms with Gasteiger partial charge < -0.3 is 10.3 Å². The molecule has 2 aromatic heterocycles. The van der Waals surface area contributed by atoms with Gasteiger partial charge in [-0.2, -0.15) is 0 Å². The Morgan fingerprint density at radius 1 is 1.26 bits per heavy atom. The first-order valence-electron chi connectivity index (χ1n) is 6.74. The van der Waals surface area contributed by atoms with Crippen molar-refractivity contribution in [2.45, 2.75) is 39.3 Å². The Morgan fingerprint density at radius 2 is 2.11 bits per heavy atom. The van der Waals surface area contributed by atoms with E-state index in [1.54, 1.807) is 11.3 Å². The van der Waals surface area contributed by atoms with Crippen molar-refractivity contribution in [1.29, 1.82) is 0 Å². The number of unbranched alkanes of at least 4 members (excludes halogenated alkanes) is 2. The van der Waals surface area contributed by atoms with Crippen molar-refractivity contribution in [2.75, 3.05) is 0 Å². The smallest absolute Gasteiger partial charge is 0.255 e. The topological polar surface area (TPSA) is 48.0 Å². The van der Waals surface area contributed by atoms with Gasteiger partial charge in [0.05, 0.1) is 10.6 Å². The monoisotopic (exact) mass is 276 g/mol. The van der Waals surface area contributed by atoms with E-state index in [4.69, 9.17) is 5.73 Å². The van der Waals surface area contributed by atoms with E-state index < -0.39 is 0 Å². The third-order valence-electron chi connectivity index (χ3n) is 3.23. The van der Waals surface area contributed by atoms with E-state index in [0.29, 0.717) is 12.1 Å². The number of aromatic nitrogens is 1. The molecule has 0 radical (unpaired) electrons. The van der Waals surface area contributed by atoms with E-state index in [1.807, 2.05) is 28.1 Å². The third-order valence-corrected chi connectivity index (χ3v) is 4.12. The summed E-state index contributed by atoms with van der Waals surface area (Å²) in [6, 6.07) is 7.94. The van der Waals surface area contributed by atoms with Gasteiger partial charge in [0.1, 0.15) is 0 Å². The van der Waals surface area contributed by atoms with Crippen molar-refractivity contribution in [3.05, 3.63) is 45.6 Å². The Morgan fingerprint density at radius 3 is 2.74 bits per heavy atom. The summed E-state index contributed by atoms with van der Waals surface area (Å²) >= 11 is 1.66. The number of nitrogens with two attached hydrogens (primary N) is 1. The van der Waals surface area contributed by atoms with E-state index >= 15 is 0 Å². The molecular formula is C15H20N2OS. The number of thiophene rings is 1. The Labute approximate surface area is 117 Å². The summed E-state index contributed by atoms with van der Waals surface area (Å²) in [6.45, 7) is 3.24. The predicted octanol–water partition coefficient (Wildman–Crippen LogP) is 3.23. The lowest BCUT2D eigenvalue weighted by molar-refractivity contribution is 0.589. The fourth-order valence-electron chi connectivity index (χ4n) is 2.16. The maximum Gasteiger partial charge on any atom is 0.255 e. The summed E-state index contributed by atoms with van der Waals surface area (Å²) in [4.78, 5) is 13.5. The Kier molecular flexibility index (Phi) is 4.93. The fraction of sp³-hybridized carbons (Fsp3) is 0.400. The quantitative estimate of drug-likeness (QED) is 0.823. The molecule has 2 rings (SSSR count). The summed E-state index contributed by atoms with van der Waals surface area (Å²) in [6.07, 6.45) is 3.33. The number of pyridine rings is 1. The molecule has 102 valence electrons. The minimum Gasteiger partial charge on any atom is -0.326 e.